The van der Waals surface area contributed by atoms with Crippen LogP contribution in [-0.4, -0.2) is 60.7 Å². The number of halogens is 1. The monoisotopic (exact) mass is 510 g/mol. The second-order valence-corrected chi connectivity index (χ2v) is 6.77. The van der Waals surface area contributed by atoms with Gasteiger partial charge in [-0.15, -0.1) is 24.0 Å². The van der Waals surface area contributed by atoms with Crippen molar-refractivity contribution >= 4 is 35.9 Å². The van der Waals surface area contributed by atoms with Crippen molar-refractivity contribution in [1.29, 1.82) is 0 Å². The van der Waals surface area contributed by atoms with Crippen LogP contribution in [0.5, 0.6) is 5.75 Å². The van der Waals surface area contributed by atoms with Crippen molar-refractivity contribution < 1.29 is 4.74 Å². The maximum atomic E-state index is 5.80. The van der Waals surface area contributed by atoms with E-state index < -0.39 is 0 Å². The number of benzene rings is 1. The molecule has 0 radical (unpaired) electrons. The number of rotatable bonds is 7. The van der Waals surface area contributed by atoms with Crippen LogP contribution in [0.25, 0.3) is 0 Å². The first kappa shape index (κ1) is 23.2. The van der Waals surface area contributed by atoms with E-state index >= 15 is 0 Å². The highest BCUT2D eigenvalue weighted by atomic mass is 127. The molecule has 0 saturated carbocycles. The Morgan fingerprint density at radius 1 is 1.14 bits per heavy atom. The zero-order valence-electron chi connectivity index (χ0n) is 17.3. The summed E-state index contributed by atoms with van der Waals surface area (Å²) in [5, 5.41) is 3.48. The van der Waals surface area contributed by atoms with E-state index in [1.54, 1.807) is 12.4 Å². The molecule has 29 heavy (non-hydrogen) atoms. The standard InChI is InChI=1S/C21H30N6O.HI/c1-3-4-15-28-19-8-5-7-18(16-19)17-25-20(22-2)26-11-13-27(14-12-26)21-23-9-6-10-24-21;/h5-10,16H,3-4,11-15,17H2,1-2H3,(H,22,25);1H. The molecule has 0 bridgehead atoms. The predicted molar refractivity (Wildman–Crippen MR) is 128 cm³/mol. The maximum Gasteiger partial charge on any atom is 0.225 e. The number of nitrogens with one attached hydrogen (secondary N) is 1. The van der Waals surface area contributed by atoms with Gasteiger partial charge < -0.3 is 19.9 Å². The van der Waals surface area contributed by atoms with E-state index in [-0.39, 0.29) is 24.0 Å². The van der Waals surface area contributed by atoms with Crippen LogP contribution in [0, 0.1) is 0 Å². The Morgan fingerprint density at radius 2 is 1.90 bits per heavy atom. The van der Waals surface area contributed by atoms with Crippen molar-refractivity contribution in [1.82, 2.24) is 20.2 Å². The van der Waals surface area contributed by atoms with Crippen LogP contribution in [0.4, 0.5) is 5.95 Å². The lowest BCUT2D eigenvalue weighted by molar-refractivity contribution is 0.309. The van der Waals surface area contributed by atoms with Gasteiger partial charge in [0.1, 0.15) is 5.75 Å². The molecule has 8 heteroatoms. The number of anilines is 1. The van der Waals surface area contributed by atoms with Gasteiger partial charge in [0.15, 0.2) is 5.96 Å². The Hall–Kier alpha value is -2.10. The highest BCUT2D eigenvalue weighted by Crippen LogP contribution is 2.14. The zero-order chi connectivity index (χ0) is 19.6. The zero-order valence-corrected chi connectivity index (χ0v) is 19.6. The van der Waals surface area contributed by atoms with E-state index in [4.69, 9.17) is 4.74 Å². The molecule has 1 N–H and O–H groups in total. The average molecular weight is 510 g/mol. The number of unbranched alkanes of at least 4 members (excludes halogenated alkanes) is 1. The summed E-state index contributed by atoms with van der Waals surface area (Å²) >= 11 is 0. The summed E-state index contributed by atoms with van der Waals surface area (Å²) in [6.45, 7) is 7.19. The summed E-state index contributed by atoms with van der Waals surface area (Å²) in [4.78, 5) is 17.6. The molecule has 0 aliphatic carbocycles. The number of aliphatic imine (C=N–C) groups is 1. The van der Waals surface area contributed by atoms with Crippen molar-refractivity contribution in [3.05, 3.63) is 48.3 Å². The smallest absolute Gasteiger partial charge is 0.225 e. The maximum absolute atomic E-state index is 5.80. The number of piperazine rings is 1. The van der Waals surface area contributed by atoms with Crippen molar-refractivity contribution in [2.45, 2.75) is 26.3 Å². The Morgan fingerprint density at radius 3 is 2.59 bits per heavy atom. The minimum Gasteiger partial charge on any atom is -0.494 e. The van der Waals surface area contributed by atoms with Crippen LogP contribution in [0.1, 0.15) is 25.3 Å². The van der Waals surface area contributed by atoms with E-state index in [0.717, 1.165) is 69.8 Å². The molecule has 0 unspecified atom stereocenters. The van der Waals surface area contributed by atoms with Gasteiger partial charge >= 0.3 is 0 Å². The molecule has 0 spiro atoms. The molecule has 2 heterocycles. The van der Waals surface area contributed by atoms with Gasteiger partial charge in [-0.2, -0.15) is 0 Å². The summed E-state index contributed by atoms with van der Waals surface area (Å²) in [6, 6.07) is 10.1. The third-order valence-electron chi connectivity index (χ3n) is 4.74. The van der Waals surface area contributed by atoms with Gasteiger partial charge in [0.2, 0.25) is 5.95 Å². The second-order valence-electron chi connectivity index (χ2n) is 6.77. The molecular formula is C21H31IN6O. The van der Waals surface area contributed by atoms with Crippen LogP contribution in [0.15, 0.2) is 47.7 Å². The number of hydrogen-bond donors (Lipinski definition) is 1. The van der Waals surface area contributed by atoms with Gasteiger partial charge in [-0.3, -0.25) is 4.99 Å². The summed E-state index contributed by atoms with van der Waals surface area (Å²) < 4.78 is 5.80. The van der Waals surface area contributed by atoms with E-state index in [0.29, 0.717) is 0 Å². The Bertz CT molecular complexity index is 750. The molecule has 0 amide bonds. The first-order valence-corrected chi connectivity index (χ1v) is 9.99. The largest absolute Gasteiger partial charge is 0.494 e. The van der Waals surface area contributed by atoms with E-state index in [9.17, 15) is 0 Å². The number of aromatic nitrogens is 2. The molecule has 158 valence electrons. The van der Waals surface area contributed by atoms with E-state index in [1.807, 2.05) is 25.2 Å². The van der Waals surface area contributed by atoms with Crippen LogP contribution >= 0.6 is 24.0 Å². The first-order chi connectivity index (χ1) is 13.8. The highest BCUT2D eigenvalue weighted by molar-refractivity contribution is 14.0. The van der Waals surface area contributed by atoms with Crippen LogP contribution in [-0.2, 0) is 6.54 Å². The van der Waals surface area contributed by atoms with Crippen molar-refractivity contribution in [3.8, 4) is 5.75 Å². The number of nitrogens with zero attached hydrogens (tertiary/aromatic N) is 5. The molecule has 1 aromatic heterocycles. The van der Waals surface area contributed by atoms with Gasteiger partial charge in [-0.25, -0.2) is 9.97 Å². The fourth-order valence-corrected chi connectivity index (χ4v) is 3.17. The third kappa shape index (κ3) is 7.02. The third-order valence-corrected chi connectivity index (χ3v) is 4.74. The lowest BCUT2D eigenvalue weighted by atomic mass is 10.2. The van der Waals surface area contributed by atoms with Crippen molar-refractivity contribution in [2.75, 3.05) is 44.7 Å². The SMILES string of the molecule is CCCCOc1cccc(CNC(=NC)N2CCN(c3ncccn3)CC2)c1.I. The Kier molecular flexibility index (Phi) is 9.96. The molecule has 1 aliphatic heterocycles. The molecule has 7 nitrogen and oxygen atoms in total. The molecule has 1 aliphatic rings. The summed E-state index contributed by atoms with van der Waals surface area (Å²) in [7, 11) is 1.83. The average Bonchev–Trinajstić information content (AvgIpc) is 2.76. The summed E-state index contributed by atoms with van der Waals surface area (Å²) in [5.74, 6) is 2.65. The van der Waals surface area contributed by atoms with E-state index in [1.165, 1.54) is 5.56 Å². The van der Waals surface area contributed by atoms with Gasteiger partial charge in [0, 0.05) is 52.2 Å². The van der Waals surface area contributed by atoms with Crippen molar-refractivity contribution in [2.24, 2.45) is 4.99 Å². The molecule has 2 aromatic rings. The molecule has 0 atom stereocenters. The van der Waals surface area contributed by atoms with Crippen LogP contribution in [0.2, 0.25) is 0 Å². The fraction of sp³-hybridized carbons (Fsp3) is 0.476. The summed E-state index contributed by atoms with van der Waals surface area (Å²) in [5.41, 5.74) is 1.19. The van der Waals surface area contributed by atoms with Gasteiger partial charge in [0.05, 0.1) is 6.61 Å². The van der Waals surface area contributed by atoms with E-state index in [2.05, 4.69) is 49.1 Å². The van der Waals surface area contributed by atoms with Crippen LogP contribution in [0.3, 0.4) is 0 Å². The Labute approximate surface area is 190 Å². The topological polar surface area (TPSA) is 65.9 Å². The minimum absolute atomic E-state index is 0. The lowest BCUT2D eigenvalue weighted by Gasteiger charge is -2.36. The van der Waals surface area contributed by atoms with Gasteiger partial charge in [-0.05, 0) is 30.2 Å². The van der Waals surface area contributed by atoms with Gasteiger partial charge in [0.25, 0.3) is 0 Å². The normalized spacial score (nSPS) is 14.3. The molecule has 1 fully saturated rings. The van der Waals surface area contributed by atoms with Gasteiger partial charge in [-0.1, -0.05) is 25.5 Å². The molecule has 3 rings (SSSR count). The van der Waals surface area contributed by atoms with Crippen LogP contribution < -0.4 is 15.0 Å². The molecule has 1 aromatic carbocycles. The Balaban J connectivity index is 0.00000300. The summed E-state index contributed by atoms with van der Waals surface area (Å²) in [6.07, 6.45) is 5.79. The highest BCUT2D eigenvalue weighted by Gasteiger charge is 2.20. The fourth-order valence-electron chi connectivity index (χ4n) is 3.17. The number of guanidine groups is 1. The first-order valence-electron chi connectivity index (χ1n) is 9.99. The second kappa shape index (κ2) is 12.5. The molecule has 1 saturated heterocycles. The lowest BCUT2D eigenvalue weighted by Crippen LogP contribution is -2.52. The number of ether oxygens (including phenoxy) is 1. The number of hydrogen-bond acceptors (Lipinski definition) is 5. The minimum atomic E-state index is 0. The quantitative estimate of drug-likeness (QED) is 0.267. The van der Waals surface area contributed by atoms with Crippen molar-refractivity contribution in [3.63, 3.8) is 0 Å². The predicted octanol–water partition coefficient (Wildman–Crippen LogP) is 3.17. The molecular weight excluding hydrogens is 479 g/mol.